The molecule has 166 valence electrons. The Morgan fingerprint density at radius 1 is 0.969 bits per heavy atom. The van der Waals surface area contributed by atoms with Crippen molar-refractivity contribution in [3.8, 4) is 5.69 Å². The average molecular weight is 504 g/mol. The van der Waals surface area contributed by atoms with Gasteiger partial charge in [-0.1, -0.05) is 11.6 Å². The van der Waals surface area contributed by atoms with E-state index in [0.717, 1.165) is 12.1 Å². The smallest absolute Gasteiger partial charge is 0.308 e. The summed E-state index contributed by atoms with van der Waals surface area (Å²) in [6, 6.07) is 9.04. The maximum absolute atomic E-state index is 13.0. The number of hydrogen-bond acceptors (Lipinski definition) is 4. The molecule has 4 aromatic rings. The van der Waals surface area contributed by atoms with Crippen LogP contribution in [0.4, 0.5) is 29.3 Å². The minimum absolute atomic E-state index is 0. The van der Waals surface area contributed by atoms with Crippen molar-refractivity contribution in [3.05, 3.63) is 70.9 Å². The third-order valence-corrected chi connectivity index (χ3v) is 4.71. The summed E-state index contributed by atoms with van der Waals surface area (Å²) in [6.07, 6.45) is -1.57. The normalized spacial score (nSPS) is 11.2. The lowest BCUT2D eigenvalue weighted by Crippen LogP contribution is -2.20. The summed E-state index contributed by atoms with van der Waals surface area (Å²) in [5, 5.41) is 4.53. The van der Waals surface area contributed by atoms with Gasteiger partial charge in [0.15, 0.2) is 5.65 Å². The molecule has 13 heteroatoms. The van der Waals surface area contributed by atoms with Gasteiger partial charge in [0.05, 0.1) is 16.8 Å². The molecule has 0 atom stereocenters. The van der Waals surface area contributed by atoms with Crippen molar-refractivity contribution in [2.24, 2.45) is 0 Å². The zero-order chi connectivity index (χ0) is 22.2. The van der Waals surface area contributed by atoms with Crippen LogP contribution in [-0.4, -0.2) is 25.6 Å². The van der Waals surface area contributed by atoms with Gasteiger partial charge in [0.2, 0.25) is 5.28 Å². The maximum atomic E-state index is 13.0. The Morgan fingerprint density at radius 3 is 2.31 bits per heavy atom. The molecule has 2 heterocycles. The molecular formula is C19H12Cl3F3N6O. The first-order valence-electron chi connectivity index (χ1n) is 8.61. The van der Waals surface area contributed by atoms with E-state index in [1.54, 1.807) is 35.2 Å². The van der Waals surface area contributed by atoms with Gasteiger partial charge in [-0.15, -0.1) is 12.4 Å². The topological polar surface area (TPSA) is 84.7 Å². The molecule has 0 bridgehead atoms. The van der Waals surface area contributed by atoms with Crippen molar-refractivity contribution in [3.63, 3.8) is 0 Å². The average Bonchev–Trinajstić information content (AvgIpc) is 3.12. The number of alkyl halides is 3. The van der Waals surface area contributed by atoms with Gasteiger partial charge < -0.3 is 10.6 Å². The first-order chi connectivity index (χ1) is 14.7. The molecule has 2 aromatic heterocycles. The third-order valence-electron chi connectivity index (χ3n) is 4.19. The summed E-state index contributed by atoms with van der Waals surface area (Å²) in [5.41, 5.74) is 1.12. The van der Waals surface area contributed by atoms with Crippen molar-refractivity contribution in [2.75, 3.05) is 10.6 Å². The molecule has 0 aliphatic carbocycles. The second-order valence-corrected chi connectivity index (χ2v) is 7.03. The number of rotatable bonds is 3. The number of nitrogens with one attached hydrogen (secondary N) is 2. The van der Waals surface area contributed by atoms with E-state index >= 15 is 0 Å². The van der Waals surface area contributed by atoms with Gasteiger partial charge in [0.1, 0.15) is 11.8 Å². The van der Waals surface area contributed by atoms with Crippen molar-refractivity contribution in [1.29, 1.82) is 0 Å². The third kappa shape index (κ3) is 5.04. The number of carbonyl (C=O) groups excluding carboxylic acids is 1. The van der Waals surface area contributed by atoms with Crippen LogP contribution < -0.4 is 10.6 Å². The van der Waals surface area contributed by atoms with E-state index in [1.165, 1.54) is 12.3 Å². The number of carbonyl (C=O) groups is 1. The summed E-state index contributed by atoms with van der Waals surface area (Å²) in [4.78, 5) is 24.4. The standard InChI is InChI=1S/C19H11Cl2F3N6O.ClH/c20-14-6-3-11(7-13(14)19(22,23)24)28-18(31)27-10-1-4-12(5-2-10)30-9-26-15-8-25-17(21)29-16(15)30;/h1-9H,(H2,27,28,31);1H. The highest BCUT2D eigenvalue weighted by molar-refractivity contribution is 6.31. The molecule has 0 fully saturated rings. The molecule has 0 saturated heterocycles. The first-order valence-corrected chi connectivity index (χ1v) is 9.37. The molecule has 0 saturated carbocycles. The number of nitrogens with zero attached hydrogens (tertiary/aromatic N) is 4. The van der Waals surface area contributed by atoms with Gasteiger partial charge in [-0.3, -0.25) is 4.57 Å². The highest BCUT2D eigenvalue weighted by Crippen LogP contribution is 2.36. The molecule has 0 unspecified atom stereocenters. The molecule has 0 aliphatic rings. The highest BCUT2D eigenvalue weighted by Gasteiger charge is 2.33. The van der Waals surface area contributed by atoms with Gasteiger partial charge in [-0.25, -0.2) is 14.8 Å². The summed E-state index contributed by atoms with van der Waals surface area (Å²) in [5.74, 6) is 0. The number of halogens is 6. The van der Waals surface area contributed by atoms with Crippen LogP contribution in [0.1, 0.15) is 5.56 Å². The van der Waals surface area contributed by atoms with Crippen LogP contribution >= 0.6 is 35.6 Å². The van der Waals surface area contributed by atoms with Gasteiger partial charge in [-0.05, 0) is 54.1 Å². The fourth-order valence-electron chi connectivity index (χ4n) is 2.80. The van der Waals surface area contributed by atoms with Gasteiger partial charge in [-0.2, -0.15) is 18.2 Å². The summed E-state index contributed by atoms with van der Waals surface area (Å²) in [6.45, 7) is 0. The lowest BCUT2D eigenvalue weighted by atomic mass is 10.2. The Bertz CT molecular complexity index is 1280. The van der Waals surface area contributed by atoms with E-state index in [9.17, 15) is 18.0 Å². The maximum Gasteiger partial charge on any atom is 0.417 e. The van der Waals surface area contributed by atoms with E-state index in [4.69, 9.17) is 23.2 Å². The predicted molar refractivity (Wildman–Crippen MR) is 118 cm³/mol. The lowest BCUT2D eigenvalue weighted by molar-refractivity contribution is -0.137. The van der Waals surface area contributed by atoms with Crippen molar-refractivity contribution in [2.45, 2.75) is 6.18 Å². The van der Waals surface area contributed by atoms with Crippen LogP contribution in [0.15, 0.2) is 55.0 Å². The number of anilines is 2. The largest absolute Gasteiger partial charge is 0.417 e. The number of fused-ring (bicyclic) bond motifs is 1. The van der Waals surface area contributed by atoms with E-state index in [-0.39, 0.29) is 23.4 Å². The minimum atomic E-state index is -4.63. The summed E-state index contributed by atoms with van der Waals surface area (Å²) < 4.78 is 40.6. The number of urea groups is 1. The SMILES string of the molecule is Cl.O=C(Nc1ccc(-n2cnc3cnc(Cl)nc32)cc1)Nc1ccc(Cl)c(C(F)(F)F)c1. The fraction of sp³-hybridized carbons (Fsp3) is 0.0526. The van der Waals surface area contributed by atoms with Crippen molar-refractivity contribution in [1.82, 2.24) is 19.5 Å². The molecule has 2 amide bonds. The Balaban J connectivity index is 0.00000289. The Morgan fingerprint density at radius 2 is 1.62 bits per heavy atom. The number of amides is 2. The second kappa shape index (κ2) is 9.19. The molecule has 4 rings (SSSR count). The second-order valence-electron chi connectivity index (χ2n) is 6.28. The van der Waals surface area contributed by atoms with Crippen molar-refractivity contribution < 1.29 is 18.0 Å². The Hall–Kier alpha value is -3.08. The van der Waals surface area contributed by atoms with E-state index in [1.807, 2.05) is 0 Å². The van der Waals surface area contributed by atoms with Gasteiger partial charge in [0.25, 0.3) is 0 Å². The molecule has 32 heavy (non-hydrogen) atoms. The van der Waals surface area contributed by atoms with Crippen LogP contribution in [0.25, 0.3) is 16.9 Å². The zero-order valence-electron chi connectivity index (χ0n) is 15.7. The first kappa shape index (κ1) is 23.6. The predicted octanol–water partition coefficient (Wildman–Crippen LogP) is 6.21. The van der Waals surface area contributed by atoms with Gasteiger partial charge >= 0.3 is 12.2 Å². The molecule has 0 aliphatic heterocycles. The Labute approximate surface area is 195 Å². The van der Waals surface area contributed by atoms with Crippen LogP contribution in [0.3, 0.4) is 0 Å². The van der Waals surface area contributed by atoms with Crippen LogP contribution in [0.2, 0.25) is 10.3 Å². The molecule has 0 radical (unpaired) electrons. The molecule has 7 nitrogen and oxygen atoms in total. The fourth-order valence-corrected chi connectivity index (χ4v) is 3.15. The zero-order valence-corrected chi connectivity index (χ0v) is 18.0. The number of imidazole rings is 1. The number of aromatic nitrogens is 4. The molecule has 2 aromatic carbocycles. The van der Waals surface area contributed by atoms with Crippen LogP contribution in [-0.2, 0) is 6.18 Å². The van der Waals surface area contributed by atoms with Crippen molar-refractivity contribution >= 4 is 64.2 Å². The number of benzene rings is 2. The molecule has 0 spiro atoms. The van der Waals surface area contributed by atoms with E-state index < -0.39 is 22.8 Å². The molecule has 2 N–H and O–H groups in total. The van der Waals surface area contributed by atoms with Crippen LogP contribution in [0, 0.1) is 0 Å². The highest BCUT2D eigenvalue weighted by atomic mass is 35.5. The number of hydrogen-bond donors (Lipinski definition) is 2. The quantitative estimate of drug-likeness (QED) is 0.326. The Kier molecular flexibility index (Phi) is 6.77. The van der Waals surface area contributed by atoms with E-state index in [2.05, 4.69) is 25.6 Å². The summed E-state index contributed by atoms with van der Waals surface area (Å²) >= 11 is 11.4. The van der Waals surface area contributed by atoms with Crippen LogP contribution in [0.5, 0.6) is 0 Å². The summed E-state index contributed by atoms with van der Waals surface area (Å²) in [7, 11) is 0. The minimum Gasteiger partial charge on any atom is -0.308 e. The lowest BCUT2D eigenvalue weighted by Gasteiger charge is -2.12. The molecular weight excluding hydrogens is 492 g/mol. The van der Waals surface area contributed by atoms with E-state index in [0.29, 0.717) is 22.5 Å². The monoisotopic (exact) mass is 502 g/mol. The van der Waals surface area contributed by atoms with Gasteiger partial charge in [0, 0.05) is 17.1 Å².